The van der Waals surface area contributed by atoms with Gasteiger partial charge in [-0.2, -0.15) is 10.5 Å². The molecule has 100 valence electrons. The quantitative estimate of drug-likeness (QED) is 0.674. The number of carbonyl (C=O) groups excluding carboxylic acids is 1. The Morgan fingerprint density at radius 3 is 2.40 bits per heavy atom. The summed E-state index contributed by atoms with van der Waals surface area (Å²) in [6.07, 6.45) is 5.78. The summed E-state index contributed by atoms with van der Waals surface area (Å²) in [7, 11) is 0. The van der Waals surface area contributed by atoms with Crippen LogP contribution in [0.4, 0.5) is 0 Å². The highest BCUT2D eigenvalue weighted by atomic mass is 16.1. The fourth-order valence-electron chi connectivity index (χ4n) is 2.30. The van der Waals surface area contributed by atoms with E-state index in [0.717, 1.165) is 31.2 Å². The monoisotopic (exact) mass is 265 g/mol. The maximum atomic E-state index is 12.0. The second-order valence-electron chi connectivity index (χ2n) is 4.86. The van der Waals surface area contributed by atoms with Gasteiger partial charge in [-0.3, -0.25) is 4.79 Å². The molecule has 0 spiro atoms. The van der Waals surface area contributed by atoms with Crippen molar-refractivity contribution in [2.45, 2.75) is 31.7 Å². The molecule has 1 N–H and O–H groups in total. The maximum Gasteiger partial charge on any atom is 0.262 e. The Bertz CT molecular complexity index is 596. The molecule has 0 radical (unpaired) electrons. The number of carbonyl (C=O) groups is 1. The number of hydrogen-bond donors (Lipinski definition) is 1. The van der Waals surface area contributed by atoms with E-state index in [9.17, 15) is 4.79 Å². The van der Waals surface area contributed by atoms with Gasteiger partial charge in [-0.05, 0) is 36.6 Å². The maximum absolute atomic E-state index is 12.0. The summed E-state index contributed by atoms with van der Waals surface area (Å²) >= 11 is 0. The number of nitrogens with one attached hydrogen (secondary N) is 1. The Morgan fingerprint density at radius 2 is 1.85 bits per heavy atom. The average Bonchev–Trinajstić information content (AvgIpc) is 2.98. The first-order valence-corrected chi connectivity index (χ1v) is 6.66. The third-order valence-corrected chi connectivity index (χ3v) is 3.41. The Morgan fingerprint density at radius 1 is 1.20 bits per heavy atom. The molecule has 1 aliphatic carbocycles. The summed E-state index contributed by atoms with van der Waals surface area (Å²) in [6.45, 7) is 0. The van der Waals surface area contributed by atoms with E-state index in [2.05, 4.69) is 5.32 Å². The van der Waals surface area contributed by atoms with E-state index >= 15 is 0 Å². The van der Waals surface area contributed by atoms with Crippen molar-refractivity contribution in [3.05, 3.63) is 41.0 Å². The number of nitriles is 2. The van der Waals surface area contributed by atoms with Crippen molar-refractivity contribution in [2.75, 3.05) is 0 Å². The van der Waals surface area contributed by atoms with E-state index in [4.69, 9.17) is 10.5 Å². The molecule has 0 heterocycles. The van der Waals surface area contributed by atoms with E-state index in [1.54, 1.807) is 30.3 Å². The average molecular weight is 265 g/mol. The molecule has 0 bridgehead atoms. The molecule has 1 amide bonds. The molecule has 4 nitrogen and oxygen atoms in total. The lowest BCUT2D eigenvalue weighted by Gasteiger charge is -2.10. The largest absolute Gasteiger partial charge is 0.349 e. The van der Waals surface area contributed by atoms with E-state index in [0.29, 0.717) is 5.56 Å². The number of hydrogen-bond acceptors (Lipinski definition) is 3. The van der Waals surface area contributed by atoms with Gasteiger partial charge in [0.05, 0.1) is 11.6 Å². The van der Waals surface area contributed by atoms with Gasteiger partial charge in [0.25, 0.3) is 5.91 Å². The predicted molar refractivity (Wildman–Crippen MR) is 75.1 cm³/mol. The second kappa shape index (κ2) is 6.54. The van der Waals surface area contributed by atoms with Gasteiger partial charge in [-0.15, -0.1) is 0 Å². The molecule has 0 saturated heterocycles. The molecule has 1 aliphatic rings. The summed E-state index contributed by atoms with van der Waals surface area (Å²) in [5.41, 5.74) is 1.39. The normalized spacial score (nSPS) is 15.4. The van der Waals surface area contributed by atoms with Crippen molar-refractivity contribution < 1.29 is 4.79 Å². The number of benzene rings is 1. The third-order valence-electron chi connectivity index (χ3n) is 3.41. The Hall–Kier alpha value is -2.59. The van der Waals surface area contributed by atoms with Crippen molar-refractivity contribution in [1.29, 1.82) is 10.5 Å². The van der Waals surface area contributed by atoms with E-state index in [-0.39, 0.29) is 17.5 Å². The minimum Gasteiger partial charge on any atom is -0.349 e. The Balaban J connectivity index is 2.09. The van der Waals surface area contributed by atoms with Gasteiger partial charge >= 0.3 is 0 Å². The third kappa shape index (κ3) is 3.46. The fourth-order valence-corrected chi connectivity index (χ4v) is 2.30. The highest BCUT2D eigenvalue weighted by Gasteiger charge is 2.19. The van der Waals surface area contributed by atoms with Crippen LogP contribution in [-0.2, 0) is 4.79 Å². The highest BCUT2D eigenvalue weighted by molar-refractivity contribution is 6.01. The molecular weight excluding hydrogens is 250 g/mol. The summed E-state index contributed by atoms with van der Waals surface area (Å²) in [5.74, 6) is -0.316. The minimum atomic E-state index is -0.316. The molecule has 0 aliphatic heterocycles. The summed E-state index contributed by atoms with van der Waals surface area (Å²) < 4.78 is 0. The SMILES string of the molecule is N#C/C(=C/c1ccc(C#N)cc1)C(=O)NC1CCCC1. The van der Waals surface area contributed by atoms with Gasteiger partial charge in [0.15, 0.2) is 0 Å². The predicted octanol–water partition coefficient (Wildman–Crippen LogP) is 2.52. The van der Waals surface area contributed by atoms with Crippen LogP contribution in [0.3, 0.4) is 0 Å². The highest BCUT2D eigenvalue weighted by Crippen LogP contribution is 2.18. The summed E-state index contributed by atoms with van der Waals surface area (Å²) in [5, 5.41) is 20.7. The fraction of sp³-hybridized carbons (Fsp3) is 0.312. The van der Waals surface area contributed by atoms with Crippen LogP contribution in [0.5, 0.6) is 0 Å². The first-order chi connectivity index (χ1) is 9.72. The van der Waals surface area contributed by atoms with Gasteiger partial charge in [0.1, 0.15) is 11.6 Å². The molecule has 1 aromatic rings. The van der Waals surface area contributed by atoms with Crippen LogP contribution in [0.25, 0.3) is 6.08 Å². The molecular formula is C16H15N3O. The molecule has 1 aromatic carbocycles. The van der Waals surface area contributed by atoms with Gasteiger partial charge in [-0.1, -0.05) is 25.0 Å². The summed E-state index contributed by atoms with van der Waals surface area (Å²) in [4.78, 5) is 12.0. The molecule has 0 unspecified atom stereocenters. The minimum absolute atomic E-state index is 0.0987. The van der Waals surface area contributed by atoms with Gasteiger partial charge in [0.2, 0.25) is 0 Å². The second-order valence-corrected chi connectivity index (χ2v) is 4.86. The lowest BCUT2D eigenvalue weighted by Crippen LogP contribution is -2.33. The van der Waals surface area contributed by atoms with Crippen LogP contribution in [-0.4, -0.2) is 11.9 Å². The Labute approximate surface area is 118 Å². The van der Waals surface area contributed by atoms with E-state index in [1.807, 2.05) is 12.1 Å². The number of amides is 1. The summed E-state index contributed by atoms with van der Waals surface area (Å²) in [6, 6.07) is 10.9. The van der Waals surface area contributed by atoms with E-state index in [1.165, 1.54) is 0 Å². The van der Waals surface area contributed by atoms with Crippen molar-refractivity contribution in [2.24, 2.45) is 0 Å². The topological polar surface area (TPSA) is 76.7 Å². The molecule has 0 atom stereocenters. The van der Waals surface area contributed by atoms with Crippen molar-refractivity contribution >= 4 is 12.0 Å². The molecule has 1 saturated carbocycles. The van der Waals surface area contributed by atoms with Crippen LogP contribution < -0.4 is 5.32 Å². The van der Waals surface area contributed by atoms with Crippen LogP contribution >= 0.6 is 0 Å². The molecule has 20 heavy (non-hydrogen) atoms. The standard InChI is InChI=1S/C16H15N3O/c17-10-13-7-5-12(6-8-13)9-14(11-18)16(20)19-15-3-1-2-4-15/h5-9,15H,1-4H2,(H,19,20)/b14-9-. The zero-order valence-electron chi connectivity index (χ0n) is 11.1. The number of rotatable bonds is 3. The molecule has 1 fully saturated rings. The van der Waals surface area contributed by atoms with Gasteiger partial charge in [-0.25, -0.2) is 0 Å². The van der Waals surface area contributed by atoms with Crippen molar-refractivity contribution in [1.82, 2.24) is 5.32 Å². The molecule has 0 aromatic heterocycles. The smallest absolute Gasteiger partial charge is 0.262 e. The molecule has 4 heteroatoms. The lowest BCUT2D eigenvalue weighted by molar-refractivity contribution is -0.117. The van der Waals surface area contributed by atoms with Crippen LogP contribution in [0.15, 0.2) is 29.8 Å². The first-order valence-electron chi connectivity index (χ1n) is 6.66. The van der Waals surface area contributed by atoms with Gasteiger partial charge < -0.3 is 5.32 Å². The van der Waals surface area contributed by atoms with E-state index < -0.39 is 0 Å². The zero-order chi connectivity index (χ0) is 14.4. The lowest BCUT2D eigenvalue weighted by atomic mass is 10.1. The number of nitrogens with zero attached hydrogens (tertiary/aromatic N) is 2. The van der Waals surface area contributed by atoms with Crippen LogP contribution in [0.1, 0.15) is 36.8 Å². The molecule has 2 rings (SSSR count). The Kier molecular flexibility index (Phi) is 4.52. The van der Waals surface area contributed by atoms with Crippen LogP contribution in [0, 0.1) is 22.7 Å². The van der Waals surface area contributed by atoms with Crippen molar-refractivity contribution in [3.8, 4) is 12.1 Å². The van der Waals surface area contributed by atoms with Crippen LogP contribution in [0.2, 0.25) is 0 Å². The zero-order valence-corrected chi connectivity index (χ0v) is 11.1. The first kappa shape index (κ1) is 13.8. The van der Waals surface area contributed by atoms with Gasteiger partial charge in [0, 0.05) is 6.04 Å². The van der Waals surface area contributed by atoms with Crippen molar-refractivity contribution in [3.63, 3.8) is 0 Å².